The third-order valence-corrected chi connectivity index (χ3v) is 3.80. The van der Waals surface area contributed by atoms with Crippen LogP contribution in [0.3, 0.4) is 0 Å². The minimum atomic E-state index is -0.972. The Morgan fingerprint density at radius 3 is 2.05 bits per heavy atom. The maximum atomic E-state index is 12.5. The van der Waals surface area contributed by atoms with E-state index in [1.807, 2.05) is 0 Å². The second-order valence-electron chi connectivity index (χ2n) is 4.43. The molecule has 0 aromatic heterocycles. The van der Waals surface area contributed by atoms with Crippen LogP contribution in [0.5, 0.6) is 5.75 Å². The van der Waals surface area contributed by atoms with Gasteiger partial charge in [-0.05, 0) is 6.07 Å². The monoisotopic (exact) mass is 306 g/mol. The molecule has 2 aromatic rings. The maximum Gasteiger partial charge on any atom is 0.198 e. The molecule has 0 heterocycles. The summed E-state index contributed by atoms with van der Waals surface area (Å²) in [5.41, 5.74) is 0.970. The fraction of sp³-hybridized carbons (Fsp3) is 0.0667. The van der Waals surface area contributed by atoms with Crippen LogP contribution in [-0.4, -0.2) is 16.7 Å². The van der Waals surface area contributed by atoms with Crippen LogP contribution in [0.1, 0.15) is 42.2 Å². The lowest BCUT2D eigenvalue weighted by atomic mass is 9.83. The molecule has 0 amide bonds. The largest absolute Gasteiger partial charge is 0.507 e. The average Bonchev–Trinajstić information content (AvgIpc) is 2.44. The first-order valence-electron chi connectivity index (χ1n) is 5.84. The van der Waals surface area contributed by atoms with Crippen molar-refractivity contribution in [3.8, 4) is 5.75 Å². The van der Waals surface area contributed by atoms with E-state index in [1.54, 1.807) is 24.3 Å². The van der Waals surface area contributed by atoms with Crippen molar-refractivity contribution in [1.29, 1.82) is 0 Å². The molecule has 0 saturated carbocycles. The second kappa shape index (κ2) is 4.62. The number of rotatable bonds is 1. The van der Waals surface area contributed by atoms with Gasteiger partial charge >= 0.3 is 0 Å². The molecular weight excluding hydrogens is 299 g/mol. The lowest BCUT2D eigenvalue weighted by molar-refractivity contribution is 0.0976. The molecule has 1 aliphatic rings. The zero-order chi connectivity index (χ0) is 14.4. The first-order valence-corrected chi connectivity index (χ1v) is 6.72. The van der Waals surface area contributed by atoms with Crippen LogP contribution in [0.2, 0.25) is 0 Å². The van der Waals surface area contributed by atoms with Gasteiger partial charge in [-0.2, -0.15) is 0 Å². The lowest BCUT2D eigenvalue weighted by Crippen LogP contribution is -2.21. The zero-order valence-electron chi connectivity index (χ0n) is 10.1. The van der Waals surface area contributed by atoms with Crippen molar-refractivity contribution in [2.75, 3.05) is 0 Å². The number of hydrogen-bond acceptors (Lipinski definition) is 3. The molecule has 100 valence electrons. The summed E-state index contributed by atoms with van der Waals surface area (Å²) in [6, 6.07) is 9.44. The first-order chi connectivity index (χ1) is 9.52. The highest BCUT2D eigenvalue weighted by atomic mass is 35.5. The molecule has 0 bridgehead atoms. The van der Waals surface area contributed by atoms with Crippen molar-refractivity contribution in [2.24, 2.45) is 0 Å². The topological polar surface area (TPSA) is 54.4 Å². The van der Waals surface area contributed by atoms with Gasteiger partial charge in [0, 0.05) is 22.3 Å². The minimum Gasteiger partial charge on any atom is -0.507 e. The molecule has 0 aliphatic heterocycles. The number of phenols is 1. The third kappa shape index (κ3) is 1.74. The highest BCUT2D eigenvalue weighted by Gasteiger charge is 2.33. The van der Waals surface area contributed by atoms with E-state index >= 15 is 0 Å². The highest BCUT2D eigenvalue weighted by Crippen LogP contribution is 2.39. The summed E-state index contributed by atoms with van der Waals surface area (Å²) in [5.74, 6) is -1.02. The summed E-state index contributed by atoms with van der Waals surface area (Å²) in [6.07, 6.45) is 0. The number of phenolic OH excluding ortho intramolecular Hbond substituents is 1. The third-order valence-electron chi connectivity index (χ3n) is 3.33. The minimum absolute atomic E-state index is 0.0301. The Bertz CT molecular complexity index is 751. The normalized spacial score (nSPS) is 13.3. The van der Waals surface area contributed by atoms with Gasteiger partial charge in [0.1, 0.15) is 10.6 Å². The Balaban J connectivity index is 2.31. The number of carbonyl (C=O) groups is 2. The zero-order valence-corrected chi connectivity index (χ0v) is 11.6. The molecule has 1 N–H and O–H groups in total. The molecule has 2 aromatic carbocycles. The molecule has 0 unspecified atom stereocenters. The molecule has 3 rings (SSSR count). The number of hydrogen-bond donors (Lipinski definition) is 1. The van der Waals surface area contributed by atoms with Gasteiger partial charge in [0.15, 0.2) is 11.6 Å². The molecule has 0 spiro atoms. The van der Waals surface area contributed by atoms with Crippen LogP contribution >= 0.6 is 23.2 Å². The Labute approximate surface area is 124 Å². The Morgan fingerprint density at radius 2 is 1.45 bits per heavy atom. The van der Waals surface area contributed by atoms with E-state index in [0.717, 1.165) is 0 Å². The number of carbonyl (C=O) groups excluding carboxylic acids is 2. The number of halogens is 2. The van der Waals surface area contributed by atoms with Gasteiger partial charge in [-0.1, -0.05) is 53.5 Å². The quantitative estimate of drug-likeness (QED) is 0.698. The van der Waals surface area contributed by atoms with Crippen molar-refractivity contribution >= 4 is 34.8 Å². The number of aromatic hydroxyl groups is 1. The van der Waals surface area contributed by atoms with Crippen molar-refractivity contribution in [3.05, 3.63) is 64.2 Å². The summed E-state index contributed by atoms with van der Waals surface area (Å²) < 4.78 is 0. The van der Waals surface area contributed by atoms with Crippen LogP contribution in [-0.2, 0) is 0 Å². The predicted octanol–water partition coefficient (Wildman–Crippen LogP) is 3.64. The fourth-order valence-corrected chi connectivity index (χ4v) is 2.71. The SMILES string of the molecule is O=C1c2ccccc2C(=O)c2c1ccc(C(Cl)Cl)c2O. The van der Waals surface area contributed by atoms with Gasteiger partial charge in [-0.15, -0.1) is 0 Å². The van der Waals surface area contributed by atoms with Gasteiger partial charge in [-0.3, -0.25) is 9.59 Å². The fourth-order valence-electron chi connectivity index (χ4n) is 2.36. The standard InChI is InChI=1S/C15H8Cl2O3/c16-15(17)10-6-5-9-11(14(10)20)13(19)8-4-2-1-3-7(8)12(9)18/h1-6,15,20H. The van der Waals surface area contributed by atoms with Crippen molar-refractivity contribution in [1.82, 2.24) is 0 Å². The number of ketones is 2. The van der Waals surface area contributed by atoms with Crippen LogP contribution in [0.25, 0.3) is 0 Å². The molecule has 0 radical (unpaired) electrons. The molecule has 5 heteroatoms. The van der Waals surface area contributed by atoms with Crippen molar-refractivity contribution in [3.63, 3.8) is 0 Å². The summed E-state index contributed by atoms with van der Waals surface area (Å²) in [4.78, 5) is 23.8. The Kier molecular flexibility index (Phi) is 3.04. The number of fused-ring (bicyclic) bond motifs is 2. The maximum absolute atomic E-state index is 12.5. The molecule has 1 aliphatic carbocycles. The molecular formula is C15H8Cl2O3. The van der Waals surface area contributed by atoms with E-state index in [4.69, 9.17) is 23.2 Å². The molecule has 0 fully saturated rings. The molecule has 0 atom stereocenters. The van der Waals surface area contributed by atoms with Gasteiger partial charge in [-0.25, -0.2) is 0 Å². The molecule has 20 heavy (non-hydrogen) atoms. The highest BCUT2D eigenvalue weighted by molar-refractivity contribution is 6.44. The van der Waals surface area contributed by atoms with E-state index in [2.05, 4.69) is 0 Å². The Morgan fingerprint density at radius 1 is 0.850 bits per heavy atom. The number of alkyl halides is 2. The van der Waals surface area contributed by atoms with Gasteiger partial charge in [0.05, 0.1) is 5.56 Å². The molecule has 3 nitrogen and oxygen atoms in total. The van der Waals surface area contributed by atoms with Gasteiger partial charge in [0.2, 0.25) is 0 Å². The van der Waals surface area contributed by atoms with Crippen LogP contribution in [0.4, 0.5) is 0 Å². The summed E-state index contributed by atoms with van der Waals surface area (Å²) in [7, 11) is 0. The first kappa shape index (κ1) is 13.2. The van der Waals surface area contributed by atoms with Gasteiger partial charge in [0.25, 0.3) is 0 Å². The van der Waals surface area contributed by atoms with E-state index in [-0.39, 0.29) is 33.8 Å². The summed E-state index contributed by atoms with van der Waals surface area (Å²) in [5, 5.41) is 10.2. The van der Waals surface area contributed by atoms with Crippen molar-refractivity contribution in [2.45, 2.75) is 4.84 Å². The summed E-state index contributed by atoms with van der Waals surface area (Å²) in [6.45, 7) is 0. The average molecular weight is 307 g/mol. The van der Waals surface area contributed by atoms with Crippen LogP contribution in [0.15, 0.2) is 36.4 Å². The molecule has 0 saturated heterocycles. The van der Waals surface area contributed by atoms with Crippen LogP contribution < -0.4 is 0 Å². The number of benzene rings is 2. The van der Waals surface area contributed by atoms with Crippen molar-refractivity contribution < 1.29 is 14.7 Å². The second-order valence-corrected chi connectivity index (χ2v) is 5.53. The smallest absolute Gasteiger partial charge is 0.198 e. The van der Waals surface area contributed by atoms with E-state index in [1.165, 1.54) is 12.1 Å². The van der Waals surface area contributed by atoms with E-state index in [0.29, 0.717) is 5.56 Å². The van der Waals surface area contributed by atoms with E-state index < -0.39 is 10.6 Å². The van der Waals surface area contributed by atoms with E-state index in [9.17, 15) is 14.7 Å². The Hall–Kier alpha value is -1.84. The van der Waals surface area contributed by atoms with Gasteiger partial charge < -0.3 is 5.11 Å². The summed E-state index contributed by atoms with van der Waals surface area (Å²) >= 11 is 11.5. The predicted molar refractivity (Wildman–Crippen MR) is 75.9 cm³/mol. The van der Waals surface area contributed by atoms with Crippen LogP contribution in [0, 0.1) is 0 Å². The lowest BCUT2D eigenvalue weighted by Gasteiger charge is -2.19.